The van der Waals surface area contributed by atoms with E-state index in [0.29, 0.717) is 0 Å². The maximum atomic E-state index is 12.5. The Hall–Kier alpha value is -0.950. The van der Waals surface area contributed by atoms with Crippen molar-refractivity contribution in [2.75, 3.05) is 13.2 Å². The van der Waals surface area contributed by atoms with E-state index in [1.807, 2.05) is 39.8 Å². The van der Waals surface area contributed by atoms with Gasteiger partial charge in [-0.15, -0.1) is 0 Å². The van der Waals surface area contributed by atoms with Crippen LogP contribution >= 0.6 is 7.82 Å². The maximum Gasteiger partial charge on any atom is 0.491 e. The summed E-state index contributed by atoms with van der Waals surface area (Å²) in [5, 5.41) is 18.5. The van der Waals surface area contributed by atoms with Gasteiger partial charge in [-0.1, -0.05) is 0 Å². The van der Waals surface area contributed by atoms with E-state index in [-0.39, 0.29) is 38.1 Å². The first kappa shape index (κ1) is 19.1. The van der Waals surface area contributed by atoms with E-state index in [4.69, 9.17) is 24.2 Å². The Morgan fingerprint density at radius 2 is 1.40 bits per heavy atom. The molecule has 0 rings (SSSR count). The smallest absolute Gasteiger partial charge is 0.285 e. The highest BCUT2D eigenvalue weighted by molar-refractivity contribution is 7.48. The normalized spacial score (nSPS) is 11.8. The number of nitrogens with zero attached hydrogens (tertiary/aromatic N) is 3. The van der Waals surface area contributed by atoms with Crippen molar-refractivity contribution < 1.29 is 18.2 Å². The number of hydroxylamine groups is 2. The number of rotatable bonds is 10. The second-order valence-electron chi connectivity index (χ2n) is 4.56. The summed E-state index contributed by atoms with van der Waals surface area (Å²) in [6, 6.07) is 3.72. The Balaban J connectivity index is 4.77. The summed E-state index contributed by atoms with van der Waals surface area (Å²) < 4.78 is 28.0. The fraction of sp³-hybridized carbons (Fsp3) is 0.833. The highest BCUT2D eigenvalue weighted by atomic mass is 31.2. The standard InChI is InChI=1S/C12H22N3O4P/c1-11(2)15(12(3)4)19-20(16,17-9-5-7-13)18-10-6-8-14/h11-12H,5-6,9-10H2,1-4H3. The molecule has 7 nitrogen and oxygen atoms in total. The van der Waals surface area contributed by atoms with Gasteiger partial charge in [0.05, 0.1) is 38.2 Å². The molecular weight excluding hydrogens is 281 g/mol. The molecule has 0 aliphatic rings. The van der Waals surface area contributed by atoms with Gasteiger partial charge in [-0.25, -0.2) is 4.57 Å². The zero-order valence-electron chi connectivity index (χ0n) is 12.4. The Labute approximate surface area is 120 Å². The molecule has 0 spiro atoms. The van der Waals surface area contributed by atoms with Gasteiger partial charge < -0.3 is 0 Å². The largest absolute Gasteiger partial charge is 0.491 e. The summed E-state index contributed by atoms with van der Waals surface area (Å²) in [7, 11) is -3.82. The lowest BCUT2D eigenvalue weighted by Crippen LogP contribution is -2.36. The Kier molecular flexibility index (Phi) is 9.41. The molecule has 0 aromatic heterocycles. The third-order valence-electron chi connectivity index (χ3n) is 2.14. The Bertz CT molecular complexity index is 368. The van der Waals surface area contributed by atoms with E-state index in [1.165, 1.54) is 5.06 Å². The molecule has 0 unspecified atom stereocenters. The number of hydrogen-bond acceptors (Lipinski definition) is 7. The first-order chi connectivity index (χ1) is 9.36. The third kappa shape index (κ3) is 7.59. The zero-order valence-corrected chi connectivity index (χ0v) is 13.3. The minimum Gasteiger partial charge on any atom is -0.285 e. The maximum absolute atomic E-state index is 12.5. The SMILES string of the molecule is CC(C)N(OP(=O)(OCCC#N)OCCC#N)C(C)C. The molecule has 0 amide bonds. The summed E-state index contributed by atoms with van der Waals surface area (Å²) >= 11 is 0. The van der Waals surface area contributed by atoms with E-state index in [2.05, 4.69) is 0 Å². The molecular formula is C12H22N3O4P. The molecule has 8 heteroatoms. The summed E-state index contributed by atoms with van der Waals surface area (Å²) in [6.07, 6.45) is 0.163. The average Bonchev–Trinajstić information content (AvgIpc) is 2.36. The summed E-state index contributed by atoms with van der Waals surface area (Å²) in [4.78, 5) is 0. The summed E-state index contributed by atoms with van der Waals surface area (Å²) in [5.41, 5.74) is 0. The van der Waals surface area contributed by atoms with Crippen LogP contribution < -0.4 is 0 Å². The zero-order chi connectivity index (χ0) is 15.6. The Morgan fingerprint density at radius 1 is 1.00 bits per heavy atom. The van der Waals surface area contributed by atoms with Crippen LogP contribution in [0.2, 0.25) is 0 Å². The van der Waals surface area contributed by atoms with Crippen molar-refractivity contribution in [3.8, 4) is 12.1 Å². The number of nitriles is 2. The lowest BCUT2D eigenvalue weighted by molar-refractivity contribution is -0.136. The van der Waals surface area contributed by atoms with Crippen LogP contribution in [0.15, 0.2) is 0 Å². The van der Waals surface area contributed by atoms with Gasteiger partial charge in [0, 0.05) is 12.1 Å². The third-order valence-corrected chi connectivity index (χ3v) is 3.52. The van der Waals surface area contributed by atoms with E-state index >= 15 is 0 Å². The number of hydrogen-bond donors (Lipinski definition) is 0. The molecule has 0 fully saturated rings. The Morgan fingerprint density at radius 3 is 1.70 bits per heavy atom. The molecule has 0 radical (unpaired) electrons. The van der Waals surface area contributed by atoms with Gasteiger partial charge in [0.1, 0.15) is 0 Å². The predicted octanol–water partition coefficient (Wildman–Crippen LogP) is 3.01. The van der Waals surface area contributed by atoms with E-state index in [0.717, 1.165) is 0 Å². The summed E-state index contributed by atoms with van der Waals surface area (Å²) in [5.74, 6) is 0. The van der Waals surface area contributed by atoms with Gasteiger partial charge in [0.15, 0.2) is 0 Å². The van der Waals surface area contributed by atoms with E-state index in [9.17, 15) is 4.57 Å². The fourth-order valence-corrected chi connectivity index (χ4v) is 2.80. The van der Waals surface area contributed by atoms with E-state index in [1.54, 1.807) is 0 Å². The number of phosphoric acid groups is 1. The van der Waals surface area contributed by atoms with Gasteiger partial charge >= 0.3 is 7.82 Å². The highest BCUT2D eigenvalue weighted by Crippen LogP contribution is 2.51. The van der Waals surface area contributed by atoms with Crippen molar-refractivity contribution in [3.05, 3.63) is 0 Å². The monoisotopic (exact) mass is 303 g/mol. The van der Waals surface area contributed by atoms with Crippen LogP contribution in [0.3, 0.4) is 0 Å². The molecule has 0 saturated heterocycles. The van der Waals surface area contributed by atoms with Gasteiger partial charge in [-0.2, -0.15) is 20.2 Å². The second kappa shape index (κ2) is 9.88. The van der Waals surface area contributed by atoms with E-state index < -0.39 is 7.82 Å². The molecule has 0 N–H and O–H groups in total. The number of phosphoric ester groups is 1. The molecule has 0 atom stereocenters. The van der Waals surface area contributed by atoms with Crippen LogP contribution in [0.5, 0.6) is 0 Å². The average molecular weight is 303 g/mol. The lowest BCUT2D eigenvalue weighted by atomic mass is 10.3. The first-order valence-electron chi connectivity index (χ1n) is 6.47. The fourth-order valence-electron chi connectivity index (χ4n) is 1.39. The first-order valence-corrected chi connectivity index (χ1v) is 7.93. The lowest BCUT2D eigenvalue weighted by Gasteiger charge is -2.31. The molecule has 0 aliphatic carbocycles. The van der Waals surface area contributed by atoms with Crippen molar-refractivity contribution >= 4 is 7.82 Å². The van der Waals surface area contributed by atoms with Crippen molar-refractivity contribution in [2.45, 2.75) is 52.6 Å². The van der Waals surface area contributed by atoms with Crippen LogP contribution in [-0.2, 0) is 18.2 Å². The van der Waals surface area contributed by atoms with Crippen LogP contribution in [-0.4, -0.2) is 30.4 Å². The molecule has 0 bridgehead atoms. The molecule has 0 heterocycles. The van der Waals surface area contributed by atoms with Gasteiger partial charge in [0.25, 0.3) is 0 Å². The molecule has 0 aliphatic heterocycles. The van der Waals surface area contributed by atoms with Crippen molar-refractivity contribution in [1.82, 2.24) is 5.06 Å². The topological polar surface area (TPSA) is 95.6 Å². The molecule has 0 saturated carbocycles. The van der Waals surface area contributed by atoms with Crippen molar-refractivity contribution in [1.29, 1.82) is 10.5 Å². The highest BCUT2D eigenvalue weighted by Gasteiger charge is 2.32. The minimum absolute atomic E-state index is 0.0255. The molecule has 0 aromatic rings. The molecule has 20 heavy (non-hydrogen) atoms. The van der Waals surface area contributed by atoms with Gasteiger partial charge in [-0.3, -0.25) is 9.05 Å². The quantitative estimate of drug-likeness (QED) is 0.347. The van der Waals surface area contributed by atoms with Gasteiger partial charge in [0.2, 0.25) is 0 Å². The molecule has 114 valence electrons. The molecule has 0 aromatic carbocycles. The second-order valence-corrected chi connectivity index (χ2v) is 6.13. The van der Waals surface area contributed by atoms with Crippen LogP contribution in [0.4, 0.5) is 0 Å². The summed E-state index contributed by atoms with van der Waals surface area (Å²) in [6.45, 7) is 7.43. The van der Waals surface area contributed by atoms with Crippen molar-refractivity contribution in [2.24, 2.45) is 0 Å². The van der Waals surface area contributed by atoms with Crippen LogP contribution in [0, 0.1) is 22.7 Å². The van der Waals surface area contributed by atoms with Crippen LogP contribution in [0.25, 0.3) is 0 Å². The van der Waals surface area contributed by atoms with Gasteiger partial charge in [-0.05, 0) is 27.7 Å². The van der Waals surface area contributed by atoms with Crippen LogP contribution in [0.1, 0.15) is 40.5 Å². The predicted molar refractivity (Wildman–Crippen MR) is 73.2 cm³/mol. The minimum atomic E-state index is -3.82. The van der Waals surface area contributed by atoms with Crippen molar-refractivity contribution in [3.63, 3.8) is 0 Å².